The van der Waals surface area contributed by atoms with Crippen LogP contribution in [-0.4, -0.2) is 41.7 Å². The van der Waals surface area contributed by atoms with Crippen molar-refractivity contribution < 1.29 is 14.6 Å². The Morgan fingerprint density at radius 3 is 3.00 bits per heavy atom. The minimum absolute atomic E-state index is 0.147. The quantitative estimate of drug-likeness (QED) is 0.801. The van der Waals surface area contributed by atoms with Gasteiger partial charge in [0.05, 0.1) is 18.2 Å². The van der Waals surface area contributed by atoms with Gasteiger partial charge in [-0.2, -0.15) is 0 Å². The SMILES string of the molecule is COC(=O)c1c2c(nc3cc(O)ccc13)CCN(C)C2. The van der Waals surface area contributed by atoms with Gasteiger partial charge in [0.25, 0.3) is 0 Å². The van der Waals surface area contributed by atoms with Crippen molar-refractivity contribution in [2.75, 3.05) is 20.7 Å². The summed E-state index contributed by atoms with van der Waals surface area (Å²) in [5.41, 5.74) is 3.05. The third-order valence-electron chi connectivity index (χ3n) is 3.70. The molecule has 104 valence electrons. The molecule has 1 aliphatic rings. The zero-order valence-electron chi connectivity index (χ0n) is 11.5. The molecule has 0 fully saturated rings. The van der Waals surface area contributed by atoms with Crippen LogP contribution in [0.5, 0.6) is 5.75 Å². The van der Waals surface area contributed by atoms with Gasteiger partial charge in [0.1, 0.15) is 5.75 Å². The van der Waals surface area contributed by atoms with Gasteiger partial charge in [-0.15, -0.1) is 0 Å². The van der Waals surface area contributed by atoms with E-state index in [9.17, 15) is 9.90 Å². The average Bonchev–Trinajstić information content (AvgIpc) is 2.44. The number of fused-ring (bicyclic) bond motifs is 2. The summed E-state index contributed by atoms with van der Waals surface area (Å²) in [6.45, 7) is 1.59. The van der Waals surface area contributed by atoms with Gasteiger partial charge in [-0.3, -0.25) is 4.98 Å². The van der Waals surface area contributed by atoms with Gasteiger partial charge >= 0.3 is 5.97 Å². The minimum atomic E-state index is -0.352. The Balaban J connectivity index is 2.34. The first-order valence-electron chi connectivity index (χ1n) is 6.51. The van der Waals surface area contributed by atoms with Crippen molar-refractivity contribution in [1.82, 2.24) is 9.88 Å². The number of pyridine rings is 1. The van der Waals surface area contributed by atoms with E-state index in [0.29, 0.717) is 17.6 Å². The van der Waals surface area contributed by atoms with Gasteiger partial charge < -0.3 is 14.7 Å². The largest absolute Gasteiger partial charge is 0.508 e. The number of likely N-dealkylation sites (N-methyl/N-ethyl adjacent to an activating group) is 1. The number of hydrogen-bond donors (Lipinski definition) is 1. The van der Waals surface area contributed by atoms with E-state index in [4.69, 9.17) is 4.74 Å². The lowest BCUT2D eigenvalue weighted by atomic mass is 9.96. The number of carbonyl (C=O) groups excluding carboxylic acids is 1. The van der Waals surface area contributed by atoms with E-state index in [2.05, 4.69) is 9.88 Å². The van der Waals surface area contributed by atoms with Crippen LogP contribution in [0.25, 0.3) is 10.9 Å². The summed E-state index contributed by atoms with van der Waals surface area (Å²) < 4.78 is 4.93. The number of rotatable bonds is 1. The number of nitrogens with zero attached hydrogens (tertiary/aromatic N) is 2. The monoisotopic (exact) mass is 272 g/mol. The van der Waals surface area contributed by atoms with E-state index in [-0.39, 0.29) is 11.7 Å². The van der Waals surface area contributed by atoms with Crippen LogP contribution in [0.15, 0.2) is 18.2 Å². The molecule has 0 saturated carbocycles. The number of aromatic nitrogens is 1. The van der Waals surface area contributed by atoms with Gasteiger partial charge in [-0.05, 0) is 19.2 Å². The number of aromatic hydroxyl groups is 1. The fourth-order valence-corrected chi connectivity index (χ4v) is 2.70. The molecular weight excluding hydrogens is 256 g/mol. The molecule has 0 saturated heterocycles. The molecule has 1 N–H and O–H groups in total. The second kappa shape index (κ2) is 4.76. The average molecular weight is 272 g/mol. The second-order valence-electron chi connectivity index (χ2n) is 5.09. The molecule has 1 aromatic heterocycles. The maximum Gasteiger partial charge on any atom is 0.338 e. The van der Waals surface area contributed by atoms with Crippen LogP contribution in [0.4, 0.5) is 0 Å². The zero-order valence-corrected chi connectivity index (χ0v) is 11.5. The Bertz CT molecular complexity index is 697. The zero-order chi connectivity index (χ0) is 14.3. The van der Waals surface area contributed by atoms with Crippen molar-refractivity contribution in [3.63, 3.8) is 0 Å². The van der Waals surface area contributed by atoms with Crippen LogP contribution in [0.3, 0.4) is 0 Å². The molecule has 0 amide bonds. The summed E-state index contributed by atoms with van der Waals surface area (Å²) in [6.07, 6.45) is 0.793. The fraction of sp³-hybridized carbons (Fsp3) is 0.333. The van der Waals surface area contributed by atoms with Crippen molar-refractivity contribution in [1.29, 1.82) is 0 Å². The summed E-state index contributed by atoms with van der Waals surface area (Å²) in [5.74, 6) is -0.205. The molecule has 3 rings (SSSR count). The Kier molecular flexibility index (Phi) is 3.06. The number of benzene rings is 1. The van der Waals surface area contributed by atoms with Crippen LogP contribution in [0, 0.1) is 0 Å². The van der Waals surface area contributed by atoms with E-state index >= 15 is 0 Å². The summed E-state index contributed by atoms with van der Waals surface area (Å²) in [4.78, 5) is 18.9. The van der Waals surface area contributed by atoms with Gasteiger partial charge in [-0.25, -0.2) is 4.79 Å². The number of phenolic OH excluding ortho intramolecular Hbond substituents is 1. The Morgan fingerprint density at radius 1 is 1.45 bits per heavy atom. The van der Waals surface area contributed by atoms with Crippen molar-refractivity contribution >= 4 is 16.9 Å². The van der Waals surface area contributed by atoms with Gasteiger partial charge in [0, 0.05) is 42.2 Å². The number of ether oxygens (including phenoxy) is 1. The normalized spacial score (nSPS) is 15.1. The standard InChI is InChI=1S/C15H16N2O3/c1-17-6-5-12-11(8-17)14(15(19)20-2)10-4-3-9(18)7-13(10)16-12/h3-4,7,18H,5-6,8H2,1-2H3. The van der Waals surface area contributed by atoms with Crippen molar-refractivity contribution in [2.24, 2.45) is 0 Å². The maximum absolute atomic E-state index is 12.2. The van der Waals surface area contributed by atoms with Crippen molar-refractivity contribution in [2.45, 2.75) is 13.0 Å². The Labute approximate surface area is 116 Å². The molecule has 0 unspecified atom stereocenters. The van der Waals surface area contributed by atoms with E-state index in [0.717, 1.165) is 29.6 Å². The van der Waals surface area contributed by atoms with Crippen LogP contribution < -0.4 is 0 Å². The number of hydrogen-bond acceptors (Lipinski definition) is 5. The molecule has 0 aliphatic carbocycles. The highest BCUT2D eigenvalue weighted by Crippen LogP contribution is 2.30. The summed E-state index contributed by atoms with van der Waals surface area (Å²) in [7, 11) is 3.40. The molecular formula is C15H16N2O3. The van der Waals surface area contributed by atoms with Crippen LogP contribution >= 0.6 is 0 Å². The molecule has 20 heavy (non-hydrogen) atoms. The predicted octanol–water partition coefficient (Wildman–Crippen LogP) is 1.71. The van der Waals surface area contributed by atoms with E-state index < -0.39 is 0 Å². The molecule has 2 heterocycles. The second-order valence-corrected chi connectivity index (χ2v) is 5.09. The van der Waals surface area contributed by atoms with Gasteiger partial charge in [0.2, 0.25) is 0 Å². The number of methoxy groups -OCH3 is 1. The minimum Gasteiger partial charge on any atom is -0.508 e. The van der Waals surface area contributed by atoms with Gasteiger partial charge in [-0.1, -0.05) is 0 Å². The summed E-state index contributed by atoms with van der Waals surface area (Å²) >= 11 is 0. The number of esters is 1. The van der Waals surface area contributed by atoms with Crippen molar-refractivity contribution in [3.8, 4) is 5.75 Å². The molecule has 1 aliphatic heterocycles. The van der Waals surface area contributed by atoms with E-state index in [1.165, 1.54) is 7.11 Å². The molecule has 5 heteroatoms. The number of carbonyl (C=O) groups is 1. The van der Waals surface area contributed by atoms with E-state index in [1.54, 1.807) is 18.2 Å². The molecule has 0 atom stereocenters. The third kappa shape index (κ3) is 2.00. The van der Waals surface area contributed by atoms with E-state index in [1.807, 2.05) is 7.05 Å². The first-order valence-corrected chi connectivity index (χ1v) is 6.51. The molecule has 2 aromatic rings. The highest BCUT2D eigenvalue weighted by Gasteiger charge is 2.25. The molecule has 1 aromatic carbocycles. The third-order valence-corrected chi connectivity index (χ3v) is 3.70. The Hall–Kier alpha value is -2.14. The summed E-state index contributed by atoms with van der Waals surface area (Å²) in [6, 6.07) is 4.87. The molecule has 0 radical (unpaired) electrons. The first-order chi connectivity index (χ1) is 9.60. The highest BCUT2D eigenvalue weighted by atomic mass is 16.5. The molecule has 0 bridgehead atoms. The first kappa shape index (κ1) is 12.9. The van der Waals surface area contributed by atoms with Crippen LogP contribution in [-0.2, 0) is 17.7 Å². The van der Waals surface area contributed by atoms with Crippen LogP contribution in [0.2, 0.25) is 0 Å². The predicted molar refractivity (Wildman–Crippen MR) is 74.8 cm³/mol. The molecule has 0 spiro atoms. The lowest BCUT2D eigenvalue weighted by molar-refractivity contribution is 0.0600. The maximum atomic E-state index is 12.2. The highest BCUT2D eigenvalue weighted by molar-refractivity contribution is 6.05. The van der Waals surface area contributed by atoms with Crippen LogP contribution in [0.1, 0.15) is 21.6 Å². The lowest BCUT2D eigenvalue weighted by Gasteiger charge is -2.26. The topological polar surface area (TPSA) is 62.7 Å². The van der Waals surface area contributed by atoms with Gasteiger partial charge in [0.15, 0.2) is 0 Å². The Morgan fingerprint density at radius 2 is 2.25 bits per heavy atom. The fourth-order valence-electron chi connectivity index (χ4n) is 2.70. The smallest absolute Gasteiger partial charge is 0.338 e. The summed E-state index contributed by atoms with van der Waals surface area (Å²) in [5, 5.41) is 10.3. The van der Waals surface area contributed by atoms with Crippen molar-refractivity contribution in [3.05, 3.63) is 35.0 Å². The number of phenols is 1. The molecule has 5 nitrogen and oxygen atoms in total. The lowest BCUT2D eigenvalue weighted by Crippen LogP contribution is -2.29.